The Morgan fingerprint density at radius 3 is 2.26 bits per heavy atom. The molecule has 0 aromatic heterocycles. The van der Waals surface area contributed by atoms with Crippen LogP contribution in [0.1, 0.15) is 51.2 Å². The highest BCUT2D eigenvalue weighted by atomic mass is 79.9. The molecule has 0 radical (unpaired) electrons. The minimum Gasteiger partial charge on any atom is -0.549 e. The molecule has 1 heterocycles. The van der Waals surface area contributed by atoms with E-state index in [0.29, 0.717) is 12.8 Å². The summed E-state index contributed by atoms with van der Waals surface area (Å²) in [5.41, 5.74) is -3.81. The number of carboxylic acid groups (broad SMARTS) is 1. The van der Waals surface area contributed by atoms with Gasteiger partial charge >= 0.3 is 6.18 Å². The number of benzene rings is 2. The number of carbonyl (C=O) groups is 1. The van der Waals surface area contributed by atoms with Gasteiger partial charge in [-0.2, -0.15) is 13.2 Å². The first-order valence-electron chi connectivity index (χ1n) is 12.6. The topological polar surface area (TPSA) is 52.5 Å². The maximum absolute atomic E-state index is 15.8. The van der Waals surface area contributed by atoms with E-state index in [4.69, 9.17) is 34.8 Å². The number of aliphatic imine (C=N–C) groups is 1. The maximum atomic E-state index is 15.8. The van der Waals surface area contributed by atoms with Crippen LogP contribution in [0.3, 0.4) is 0 Å². The second-order valence-corrected chi connectivity index (χ2v) is 13.0. The number of alkyl halides is 3. The van der Waals surface area contributed by atoms with E-state index in [0.717, 1.165) is 24.6 Å². The maximum Gasteiger partial charge on any atom is 0.401 e. The first-order valence-corrected chi connectivity index (χ1v) is 14.5. The van der Waals surface area contributed by atoms with Crippen molar-refractivity contribution in [1.29, 1.82) is 0 Å². The van der Waals surface area contributed by atoms with Gasteiger partial charge in [-0.1, -0.05) is 68.1 Å². The van der Waals surface area contributed by atoms with Gasteiger partial charge in [0.25, 0.3) is 0 Å². The number of aliphatic carboxylic acids is 1. The van der Waals surface area contributed by atoms with E-state index in [-0.39, 0.29) is 48.6 Å². The molecule has 2 aromatic carbocycles. The normalized spacial score (nSPS) is 29.5. The van der Waals surface area contributed by atoms with Crippen LogP contribution in [-0.2, 0) is 10.2 Å². The van der Waals surface area contributed by atoms with E-state index in [2.05, 4.69) is 20.9 Å². The standard InChI is InChI=1S/C28H27BrCl3F4NO2/c1-12(2)16-6-4-13(3)8-17(16)25-27(28(34,35)36,15-10-19(30)23(32)20(31)11-15)22(26(38)39)24(37-25)14-5-7-21(33)18(29)9-14/h5,7,9-13,16-17,22,25H,4,6,8H2,1-3H3,(H,38,39)/p-1/t13-,16?,17+,22?,25-,27?/m0/s1. The number of nitrogens with zero attached hydrogens (tertiary/aromatic N) is 1. The van der Waals surface area contributed by atoms with E-state index in [9.17, 15) is 14.3 Å². The SMILES string of the molecule is CC(C)C1CC[C@H](C)C[C@H]1[C@@H]1N=C(c2ccc(F)c(Br)c2)C(C(=O)[O-])C1(c1cc(Cl)c(Cl)c(Cl)c1)C(F)(F)F. The first kappa shape index (κ1) is 30.6. The number of carbonyl (C=O) groups excluding carboxylic acids is 1. The van der Waals surface area contributed by atoms with Gasteiger partial charge in [0.05, 0.1) is 43.2 Å². The minimum atomic E-state index is -5.13. The molecule has 39 heavy (non-hydrogen) atoms. The lowest BCUT2D eigenvalue weighted by atomic mass is 9.57. The van der Waals surface area contributed by atoms with Gasteiger partial charge in [-0.15, -0.1) is 0 Å². The summed E-state index contributed by atoms with van der Waals surface area (Å²) in [7, 11) is 0. The van der Waals surface area contributed by atoms with Crippen LogP contribution < -0.4 is 5.11 Å². The van der Waals surface area contributed by atoms with Crippen molar-refractivity contribution in [2.45, 2.75) is 57.7 Å². The van der Waals surface area contributed by atoms with Crippen LogP contribution in [0.4, 0.5) is 17.6 Å². The Balaban J connectivity index is 2.11. The molecular formula is C28H26BrCl3F4NO2-. The predicted molar refractivity (Wildman–Crippen MR) is 147 cm³/mol. The van der Waals surface area contributed by atoms with Gasteiger partial charge in [0.1, 0.15) is 11.2 Å². The molecule has 2 aliphatic rings. The van der Waals surface area contributed by atoms with Crippen molar-refractivity contribution >= 4 is 62.4 Å². The Labute approximate surface area is 248 Å². The van der Waals surface area contributed by atoms with Gasteiger partial charge in [-0.25, -0.2) is 4.39 Å². The quantitative estimate of drug-likeness (QED) is 0.238. The lowest BCUT2D eigenvalue weighted by Gasteiger charge is -2.48. The largest absolute Gasteiger partial charge is 0.549 e. The molecule has 0 saturated heterocycles. The molecule has 6 atom stereocenters. The third-order valence-electron chi connectivity index (χ3n) is 8.33. The molecule has 0 amide bonds. The molecule has 0 N–H and O–H groups in total. The van der Waals surface area contributed by atoms with Crippen LogP contribution in [0, 0.1) is 35.4 Å². The molecule has 1 saturated carbocycles. The average molecular weight is 671 g/mol. The predicted octanol–water partition coefficient (Wildman–Crippen LogP) is 8.29. The third kappa shape index (κ3) is 5.24. The summed E-state index contributed by atoms with van der Waals surface area (Å²) in [4.78, 5) is 17.5. The summed E-state index contributed by atoms with van der Waals surface area (Å²) in [6.45, 7) is 5.87. The van der Waals surface area contributed by atoms with Crippen LogP contribution in [0.25, 0.3) is 0 Å². The van der Waals surface area contributed by atoms with E-state index in [1.165, 1.54) is 12.1 Å². The lowest BCUT2D eigenvalue weighted by Crippen LogP contribution is -2.61. The van der Waals surface area contributed by atoms with Gasteiger partial charge in [-0.05, 0) is 87.8 Å². The number of rotatable bonds is 5. The number of halogens is 8. The summed E-state index contributed by atoms with van der Waals surface area (Å²) in [6.07, 6.45) is -3.19. The first-order chi connectivity index (χ1) is 18.1. The second-order valence-electron chi connectivity index (χ2n) is 11.0. The summed E-state index contributed by atoms with van der Waals surface area (Å²) < 4.78 is 61.4. The fourth-order valence-corrected chi connectivity index (χ4v) is 7.58. The molecule has 1 aliphatic heterocycles. The Morgan fingerprint density at radius 2 is 1.74 bits per heavy atom. The van der Waals surface area contributed by atoms with Crippen molar-refractivity contribution < 1.29 is 27.5 Å². The van der Waals surface area contributed by atoms with Crippen LogP contribution >= 0.6 is 50.7 Å². The molecule has 212 valence electrons. The number of carboxylic acids is 1. The molecule has 1 aliphatic carbocycles. The zero-order valence-electron chi connectivity index (χ0n) is 21.3. The summed E-state index contributed by atoms with van der Waals surface area (Å²) >= 11 is 21.6. The van der Waals surface area contributed by atoms with Crippen LogP contribution in [-0.4, -0.2) is 23.9 Å². The Hall–Kier alpha value is -1.35. The van der Waals surface area contributed by atoms with Crippen molar-refractivity contribution in [2.24, 2.45) is 34.6 Å². The molecule has 2 aromatic rings. The molecule has 1 fully saturated rings. The summed E-state index contributed by atoms with van der Waals surface area (Å²) in [6, 6.07) is 4.03. The fraction of sp³-hybridized carbons (Fsp3) is 0.500. The Kier molecular flexibility index (Phi) is 8.75. The third-order valence-corrected chi connectivity index (χ3v) is 10.1. The zero-order chi connectivity index (χ0) is 29.0. The van der Waals surface area contributed by atoms with Crippen LogP contribution in [0.5, 0.6) is 0 Å². The van der Waals surface area contributed by atoms with Crippen LogP contribution in [0.2, 0.25) is 15.1 Å². The smallest absolute Gasteiger partial charge is 0.401 e. The second kappa shape index (κ2) is 11.1. The Bertz CT molecular complexity index is 1300. The summed E-state index contributed by atoms with van der Waals surface area (Å²) in [5.74, 6) is -5.53. The molecule has 4 rings (SSSR count). The highest BCUT2D eigenvalue weighted by molar-refractivity contribution is 9.10. The average Bonchev–Trinajstić information content (AvgIpc) is 3.21. The number of hydrogen-bond donors (Lipinski definition) is 0. The zero-order valence-corrected chi connectivity index (χ0v) is 25.1. The van der Waals surface area contributed by atoms with Gasteiger partial charge in [0.15, 0.2) is 0 Å². The fourth-order valence-electron chi connectivity index (χ4n) is 6.61. The molecule has 3 unspecified atom stereocenters. The van der Waals surface area contributed by atoms with Crippen molar-refractivity contribution in [3.8, 4) is 0 Å². The molecule has 11 heteroatoms. The highest BCUT2D eigenvalue weighted by Gasteiger charge is 2.71. The minimum absolute atomic E-state index is 0.0199. The van der Waals surface area contributed by atoms with Crippen molar-refractivity contribution in [3.05, 3.63) is 66.8 Å². The molecular weight excluding hydrogens is 645 g/mol. The lowest BCUT2D eigenvalue weighted by molar-refractivity contribution is -0.317. The van der Waals surface area contributed by atoms with Crippen LogP contribution in [0.15, 0.2) is 39.8 Å². The monoisotopic (exact) mass is 668 g/mol. The van der Waals surface area contributed by atoms with Gasteiger partial charge in [0.2, 0.25) is 0 Å². The van der Waals surface area contributed by atoms with E-state index < -0.39 is 46.8 Å². The van der Waals surface area contributed by atoms with E-state index in [1.807, 2.05) is 20.8 Å². The van der Waals surface area contributed by atoms with E-state index in [1.54, 1.807) is 0 Å². The van der Waals surface area contributed by atoms with Crippen molar-refractivity contribution in [3.63, 3.8) is 0 Å². The van der Waals surface area contributed by atoms with Crippen molar-refractivity contribution in [2.75, 3.05) is 0 Å². The highest BCUT2D eigenvalue weighted by Crippen LogP contribution is 2.60. The Morgan fingerprint density at radius 1 is 1.13 bits per heavy atom. The van der Waals surface area contributed by atoms with Gasteiger partial charge < -0.3 is 9.90 Å². The van der Waals surface area contributed by atoms with Crippen molar-refractivity contribution in [1.82, 2.24) is 0 Å². The van der Waals surface area contributed by atoms with Gasteiger partial charge in [-0.3, -0.25) is 4.99 Å². The molecule has 0 bridgehead atoms. The molecule has 0 spiro atoms. The van der Waals surface area contributed by atoms with E-state index >= 15 is 13.2 Å². The number of hydrogen-bond acceptors (Lipinski definition) is 3. The summed E-state index contributed by atoms with van der Waals surface area (Å²) in [5, 5.41) is 12.2. The van der Waals surface area contributed by atoms with Gasteiger partial charge in [0, 0.05) is 0 Å². The molecule has 3 nitrogen and oxygen atoms in total.